The van der Waals surface area contributed by atoms with Gasteiger partial charge in [0, 0.05) is 5.69 Å². The molecule has 0 radical (unpaired) electrons. The minimum atomic E-state index is -1.35. The predicted octanol–water partition coefficient (Wildman–Crippen LogP) is -0.465. The van der Waals surface area contributed by atoms with Gasteiger partial charge >= 0.3 is 0 Å². The van der Waals surface area contributed by atoms with Gasteiger partial charge in [0.05, 0.1) is 25.5 Å². The molecule has 0 aliphatic heterocycles. The maximum atomic E-state index is 13.4. The van der Waals surface area contributed by atoms with Gasteiger partial charge in [-0.1, -0.05) is 0 Å². The molecule has 0 saturated heterocycles. The van der Waals surface area contributed by atoms with E-state index in [4.69, 9.17) is 21.1 Å². The summed E-state index contributed by atoms with van der Waals surface area (Å²) in [5.74, 6) is -0.611. The summed E-state index contributed by atoms with van der Waals surface area (Å²) in [4.78, 5) is 0. The second-order valence-electron chi connectivity index (χ2n) is 3.62. The van der Waals surface area contributed by atoms with Crippen LogP contribution in [0.2, 0.25) is 0 Å². The molecule has 0 aliphatic rings. The van der Waals surface area contributed by atoms with Crippen LogP contribution >= 0.6 is 0 Å². The second kappa shape index (κ2) is 5.11. The van der Waals surface area contributed by atoms with Crippen molar-refractivity contribution in [3.05, 3.63) is 24.0 Å². The molecule has 0 aromatic heterocycles. The number of nitrogens with two attached hydrogens (primary N) is 1. The van der Waals surface area contributed by atoms with Crippen LogP contribution in [-0.2, 0) is 0 Å². The molecule has 0 fully saturated rings. The summed E-state index contributed by atoms with van der Waals surface area (Å²) in [5, 5.41) is 29.7. The minimum Gasteiger partial charge on any atom is -0.399 e. The van der Waals surface area contributed by atoms with Crippen molar-refractivity contribution in [3.63, 3.8) is 0 Å². The number of aliphatic hydroxyl groups excluding tert-OH is 3. The average molecular weight is 230 g/mol. The summed E-state index contributed by atoms with van der Waals surface area (Å²) < 4.78 is 13.4. The molecule has 90 valence electrons. The van der Waals surface area contributed by atoms with Gasteiger partial charge in [-0.15, -0.1) is 0 Å². The summed E-state index contributed by atoms with van der Waals surface area (Å²) in [6.07, 6.45) is 0. The molecule has 5 nitrogen and oxygen atoms in total. The Bertz CT molecular complexity index is 348. The highest BCUT2D eigenvalue weighted by molar-refractivity contribution is 5.54. The third-order valence-corrected chi connectivity index (χ3v) is 2.30. The van der Waals surface area contributed by atoms with E-state index in [2.05, 4.69) is 5.32 Å². The zero-order valence-electron chi connectivity index (χ0n) is 8.65. The van der Waals surface area contributed by atoms with E-state index >= 15 is 0 Å². The Morgan fingerprint density at radius 3 is 2.19 bits per heavy atom. The molecule has 1 rings (SSSR count). The number of hydrogen-bond donors (Lipinski definition) is 5. The highest BCUT2D eigenvalue weighted by Crippen LogP contribution is 2.20. The molecule has 0 saturated carbocycles. The quantitative estimate of drug-likeness (QED) is 0.441. The number of anilines is 2. The summed E-state index contributed by atoms with van der Waals surface area (Å²) in [5.41, 5.74) is 4.35. The number of benzene rings is 1. The van der Waals surface area contributed by atoms with Crippen LogP contribution in [0.1, 0.15) is 0 Å². The van der Waals surface area contributed by atoms with Crippen LogP contribution in [0.25, 0.3) is 0 Å². The Balaban J connectivity index is 2.93. The van der Waals surface area contributed by atoms with E-state index in [1.807, 2.05) is 0 Å². The molecule has 0 amide bonds. The predicted molar refractivity (Wildman–Crippen MR) is 58.4 cm³/mol. The SMILES string of the molecule is Nc1ccc(NC(CO)(CO)CO)c(F)c1. The molecule has 0 heterocycles. The molecule has 0 spiro atoms. The van der Waals surface area contributed by atoms with E-state index in [1.54, 1.807) is 0 Å². The van der Waals surface area contributed by atoms with Crippen LogP contribution in [0.15, 0.2) is 18.2 Å². The van der Waals surface area contributed by atoms with Crippen molar-refractivity contribution in [2.75, 3.05) is 30.9 Å². The Hall–Kier alpha value is -1.37. The van der Waals surface area contributed by atoms with Gasteiger partial charge in [-0.3, -0.25) is 0 Å². The summed E-state index contributed by atoms with van der Waals surface area (Å²) >= 11 is 0. The monoisotopic (exact) mass is 230 g/mol. The van der Waals surface area contributed by atoms with Crippen molar-refractivity contribution in [1.82, 2.24) is 0 Å². The van der Waals surface area contributed by atoms with Gasteiger partial charge in [0.25, 0.3) is 0 Å². The number of rotatable bonds is 5. The van der Waals surface area contributed by atoms with Crippen LogP contribution < -0.4 is 11.1 Å². The van der Waals surface area contributed by atoms with E-state index in [1.165, 1.54) is 12.1 Å². The molecule has 16 heavy (non-hydrogen) atoms. The van der Waals surface area contributed by atoms with Gasteiger partial charge < -0.3 is 26.4 Å². The minimum absolute atomic E-state index is 0.0614. The molecule has 1 aromatic rings. The highest BCUT2D eigenvalue weighted by Gasteiger charge is 2.28. The first kappa shape index (κ1) is 12.7. The lowest BCUT2D eigenvalue weighted by atomic mass is 10.0. The largest absolute Gasteiger partial charge is 0.399 e. The second-order valence-corrected chi connectivity index (χ2v) is 3.62. The van der Waals surface area contributed by atoms with Crippen LogP contribution in [0, 0.1) is 5.82 Å². The van der Waals surface area contributed by atoms with E-state index in [9.17, 15) is 4.39 Å². The first-order valence-corrected chi connectivity index (χ1v) is 4.73. The maximum absolute atomic E-state index is 13.4. The number of nitrogen functional groups attached to an aromatic ring is 1. The molecule has 1 aromatic carbocycles. The van der Waals surface area contributed by atoms with Gasteiger partial charge in [-0.05, 0) is 18.2 Å². The van der Waals surface area contributed by atoms with Crippen molar-refractivity contribution in [1.29, 1.82) is 0 Å². The molecular weight excluding hydrogens is 215 g/mol. The normalized spacial score (nSPS) is 11.5. The third kappa shape index (κ3) is 2.60. The summed E-state index contributed by atoms with van der Waals surface area (Å²) in [7, 11) is 0. The van der Waals surface area contributed by atoms with E-state index in [0.29, 0.717) is 0 Å². The van der Waals surface area contributed by atoms with Crippen molar-refractivity contribution < 1.29 is 19.7 Å². The standard InChI is InChI=1S/C10H15FN2O3/c11-8-3-7(12)1-2-9(8)13-10(4-14,5-15)6-16/h1-3,13-16H,4-6,12H2. The Labute approximate surface area is 92.3 Å². The van der Waals surface area contributed by atoms with Gasteiger partial charge in [0.2, 0.25) is 0 Å². The third-order valence-electron chi connectivity index (χ3n) is 2.30. The first-order valence-electron chi connectivity index (χ1n) is 4.73. The number of nitrogens with one attached hydrogen (secondary N) is 1. The number of hydrogen-bond acceptors (Lipinski definition) is 5. The highest BCUT2D eigenvalue weighted by atomic mass is 19.1. The van der Waals surface area contributed by atoms with Crippen molar-refractivity contribution in [2.45, 2.75) is 5.54 Å². The van der Waals surface area contributed by atoms with Gasteiger partial charge in [-0.2, -0.15) is 0 Å². The summed E-state index contributed by atoms with van der Waals surface area (Å²) in [6.45, 7) is -1.57. The summed E-state index contributed by atoms with van der Waals surface area (Å²) in [6, 6.07) is 3.96. The first-order chi connectivity index (χ1) is 7.56. The number of aliphatic hydroxyl groups is 3. The fraction of sp³-hybridized carbons (Fsp3) is 0.400. The van der Waals surface area contributed by atoms with Gasteiger partial charge in [-0.25, -0.2) is 4.39 Å². The van der Waals surface area contributed by atoms with Crippen molar-refractivity contribution in [2.24, 2.45) is 0 Å². The fourth-order valence-electron chi connectivity index (χ4n) is 1.19. The Morgan fingerprint density at radius 1 is 1.19 bits per heavy atom. The molecule has 6 heteroatoms. The van der Waals surface area contributed by atoms with E-state index in [0.717, 1.165) is 6.07 Å². The molecule has 0 aliphatic carbocycles. The smallest absolute Gasteiger partial charge is 0.148 e. The average Bonchev–Trinajstić information content (AvgIpc) is 2.29. The lowest BCUT2D eigenvalue weighted by molar-refractivity contribution is 0.0831. The van der Waals surface area contributed by atoms with Crippen LogP contribution in [-0.4, -0.2) is 40.7 Å². The Morgan fingerprint density at radius 2 is 1.75 bits per heavy atom. The van der Waals surface area contributed by atoms with Crippen LogP contribution in [0.3, 0.4) is 0 Å². The molecule has 6 N–H and O–H groups in total. The molecule has 0 atom stereocenters. The maximum Gasteiger partial charge on any atom is 0.148 e. The van der Waals surface area contributed by atoms with Gasteiger partial charge in [0.1, 0.15) is 11.4 Å². The lowest BCUT2D eigenvalue weighted by Crippen LogP contribution is -2.49. The van der Waals surface area contributed by atoms with E-state index in [-0.39, 0.29) is 11.4 Å². The molecule has 0 unspecified atom stereocenters. The van der Waals surface area contributed by atoms with Crippen LogP contribution in [0.5, 0.6) is 0 Å². The Kier molecular flexibility index (Phi) is 4.05. The van der Waals surface area contributed by atoms with Crippen LogP contribution in [0.4, 0.5) is 15.8 Å². The number of halogens is 1. The van der Waals surface area contributed by atoms with Crippen molar-refractivity contribution >= 4 is 11.4 Å². The topological polar surface area (TPSA) is 98.7 Å². The van der Waals surface area contributed by atoms with Crippen molar-refractivity contribution in [3.8, 4) is 0 Å². The van der Waals surface area contributed by atoms with Gasteiger partial charge in [0.15, 0.2) is 0 Å². The zero-order chi connectivity index (χ0) is 12.2. The molecular formula is C10H15FN2O3. The lowest BCUT2D eigenvalue weighted by Gasteiger charge is -2.30. The fourth-order valence-corrected chi connectivity index (χ4v) is 1.19. The zero-order valence-corrected chi connectivity index (χ0v) is 8.65. The van der Waals surface area contributed by atoms with E-state index < -0.39 is 31.2 Å². The molecule has 0 bridgehead atoms.